The van der Waals surface area contributed by atoms with E-state index in [1.807, 2.05) is 0 Å². The van der Waals surface area contributed by atoms with E-state index in [0.29, 0.717) is 25.7 Å². The number of hydrogen-bond donors (Lipinski definition) is 3. The van der Waals surface area contributed by atoms with Gasteiger partial charge in [-0.1, -0.05) is 402 Å². The summed E-state index contributed by atoms with van der Waals surface area (Å²) in [6.45, 7) is 12.1. The lowest BCUT2D eigenvalue weighted by Gasteiger charge is -2.21. The normalized spacial score (nSPS) is 14.1. The third-order valence-electron chi connectivity index (χ3n) is 20.5. The van der Waals surface area contributed by atoms with E-state index < -0.39 is 97.5 Å². The maximum absolute atomic E-state index is 13.1. The molecule has 19 heteroatoms. The molecule has 0 heterocycles. The van der Waals surface area contributed by atoms with Crippen molar-refractivity contribution in [2.24, 2.45) is 17.8 Å². The first kappa shape index (κ1) is 103. The molecule has 3 unspecified atom stereocenters. The maximum Gasteiger partial charge on any atom is 0.472 e. The van der Waals surface area contributed by atoms with E-state index in [-0.39, 0.29) is 25.7 Å². The zero-order chi connectivity index (χ0) is 77.2. The van der Waals surface area contributed by atoms with Gasteiger partial charge >= 0.3 is 39.5 Å². The highest BCUT2D eigenvalue weighted by molar-refractivity contribution is 7.47. The van der Waals surface area contributed by atoms with Crippen LogP contribution in [0.15, 0.2) is 0 Å². The van der Waals surface area contributed by atoms with E-state index in [9.17, 15) is 43.2 Å². The topological polar surface area (TPSA) is 237 Å². The molecule has 0 rings (SSSR count). The Morgan fingerprint density at radius 2 is 0.486 bits per heavy atom. The molecule has 624 valence electrons. The number of ether oxygens (including phenoxy) is 4. The average Bonchev–Trinajstić information content (AvgIpc) is 1.14. The number of aliphatic hydroxyl groups excluding tert-OH is 1. The minimum atomic E-state index is -4.97. The van der Waals surface area contributed by atoms with Crippen molar-refractivity contribution in [2.75, 3.05) is 39.6 Å². The van der Waals surface area contributed by atoms with Crippen molar-refractivity contribution in [3.8, 4) is 0 Å². The third kappa shape index (κ3) is 78.5. The largest absolute Gasteiger partial charge is 0.472 e. The molecule has 0 saturated heterocycles. The van der Waals surface area contributed by atoms with Gasteiger partial charge in [0.15, 0.2) is 12.2 Å². The third-order valence-corrected chi connectivity index (χ3v) is 22.4. The van der Waals surface area contributed by atoms with Crippen molar-refractivity contribution in [1.82, 2.24) is 0 Å². The summed E-state index contributed by atoms with van der Waals surface area (Å²) in [5.41, 5.74) is 0. The molecule has 0 aromatic heterocycles. The van der Waals surface area contributed by atoms with Gasteiger partial charge < -0.3 is 33.8 Å². The van der Waals surface area contributed by atoms with Crippen LogP contribution in [0.4, 0.5) is 0 Å². The zero-order valence-electron chi connectivity index (χ0n) is 69.2. The number of aliphatic hydroxyl groups is 1. The van der Waals surface area contributed by atoms with Gasteiger partial charge in [-0.15, -0.1) is 0 Å². The summed E-state index contributed by atoms with van der Waals surface area (Å²) in [7, 11) is -9.93. The van der Waals surface area contributed by atoms with Crippen LogP contribution >= 0.6 is 15.6 Å². The molecule has 0 aliphatic rings. The van der Waals surface area contributed by atoms with Crippen LogP contribution in [0.5, 0.6) is 0 Å². The summed E-state index contributed by atoms with van der Waals surface area (Å²) in [6, 6.07) is 0. The Hall–Kier alpha value is -1.94. The first-order valence-corrected chi connectivity index (χ1v) is 47.4. The molecule has 0 bridgehead atoms. The second kappa shape index (κ2) is 76.1. The Morgan fingerprint density at radius 3 is 0.724 bits per heavy atom. The number of phosphoric ester groups is 2. The molecule has 0 aromatic rings. The van der Waals surface area contributed by atoms with Gasteiger partial charge in [-0.3, -0.25) is 37.3 Å². The van der Waals surface area contributed by atoms with Gasteiger partial charge in [0.05, 0.1) is 26.4 Å². The van der Waals surface area contributed by atoms with E-state index in [0.717, 1.165) is 108 Å². The number of rotatable bonds is 84. The zero-order valence-corrected chi connectivity index (χ0v) is 71.0. The first-order chi connectivity index (χ1) is 50.8. The van der Waals surface area contributed by atoms with E-state index in [1.54, 1.807) is 0 Å². The fourth-order valence-corrected chi connectivity index (χ4v) is 14.9. The Labute approximate surface area is 645 Å². The van der Waals surface area contributed by atoms with Crippen molar-refractivity contribution < 1.29 is 80.2 Å². The highest BCUT2D eigenvalue weighted by atomic mass is 31.2. The number of hydrogen-bond acceptors (Lipinski definition) is 15. The summed E-state index contributed by atoms with van der Waals surface area (Å²) in [5, 5.41) is 10.7. The van der Waals surface area contributed by atoms with Crippen LogP contribution in [0.3, 0.4) is 0 Å². The Morgan fingerprint density at radius 1 is 0.276 bits per heavy atom. The van der Waals surface area contributed by atoms with Gasteiger partial charge in [0.1, 0.15) is 19.3 Å². The number of carbonyl (C=O) groups excluding carboxylic acids is 4. The van der Waals surface area contributed by atoms with Crippen molar-refractivity contribution in [2.45, 2.75) is 471 Å². The lowest BCUT2D eigenvalue weighted by Crippen LogP contribution is -2.30. The van der Waals surface area contributed by atoms with Crippen LogP contribution in [-0.2, 0) is 65.4 Å². The number of carbonyl (C=O) groups is 4. The molecule has 0 aliphatic heterocycles. The lowest BCUT2D eigenvalue weighted by atomic mass is 9.99. The highest BCUT2D eigenvalue weighted by Gasteiger charge is 2.30. The molecule has 105 heavy (non-hydrogen) atoms. The van der Waals surface area contributed by atoms with Crippen LogP contribution in [0.2, 0.25) is 0 Å². The molecule has 0 amide bonds. The molecule has 0 radical (unpaired) electrons. The van der Waals surface area contributed by atoms with Gasteiger partial charge in [0, 0.05) is 25.7 Å². The maximum atomic E-state index is 13.1. The summed E-state index contributed by atoms with van der Waals surface area (Å²) < 4.78 is 68.9. The Kier molecular flexibility index (Phi) is 74.7. The number of esters is 4. The molecule has 0 spiro atoms. The van der Waals surface area contributed by atoms with Crippen LogP contribution in [-0.4, -0.2) is 96.7 Å². The predicted molar refractivity (Wildman–Crippen MR) is 432 cm³/mol. The van der Waals surface area contributed by atoms with Gasteiger partial charge in [-0.25, -0.2) is 9.13 Å². The summed E-state index contributed by atoms with van der Waals surface area (Å²) in [6.07, 6.45) is 66.4. The van der Waals surface area contributed by atoms with Crippen LogP contribution in [0.25, 0.3) is 0 Å². The van der Waals surface area contributed by atoms with Gasteiger partial charge in [-0.05, 0) is 43.4 Å². The first-order valence-electron chi connectivity index (χ1n) is 44.4. The van der Waals surface area contributed by atoms with Crippen LogP contribution in [0, 0.1) is 17.8 Å². The second-order valence-electron chi connectivity index (χ2n) is 32.1. The molecule has 0 aliphatic carbocycles. The molecule has 17 nitrogen and oxygen atoms in total. The van der Waals surface area contributed by atoms with E-state index in [1.165, 1.54) is 263 Å². The van der Waals surface area contributed by atoms with Crippen LogP contribution in [0.1, 0.15) is 453 Å². The molecule has 0 saturated carbocycles. The average molecular weight is 1540 g/mol. The van der Waals surface area contributed by atoms with Gasteiger partial charge in [0.25, 0.3) is 0 Å². The number of phosphoric acid groups is 2. The highest BCUT2D eigenvalue weighted by Crippen LogP contribution is 2.45. The van der Waals surface area contributed by atoms with Crippen molar-refractivity contribution >= 4 is 39.5 Å². The standard InChI is InChI=1S/C86H168O17P2/c1-8-10-11-12-13-14-15-32-39-46-53-60-67-83(88)96-73-81(103-86(91)70-63-56-49-42-35-28-22-24-30-37-44-51-58-65-78(5)6)75-100-104(92,93)98-71-80(87)72-99-105(94,95)101-76-82(74-97-84(89)68-61-54-47-40-33-26-21-20-25-31-38-45-52-59-66-79(7)9-2)102-85(90)69-62-55-48-41-34-27-19-17-16-18-23-29-36-43-50-57-64-77(3)4/h77-82,87H,8-76H2,1-7H3,(H,92,93)(H,94,95)/t79?,80-,81+,82+/m0/s1. The van der Waals surface area contributed by atoms with Crippen molar-refractivity contribution in [1.29, 1.82) is 0 Å². The molecule has 3 N–H and O–H groups in total. The fourth-order valence-electron chi connectivity index (χ4n) is 13.3. The molecule has 6 atom stereocenters. The van der Waals surface area contributed by atoms with Gasteiger partial charge in [0.2, 0.25) is 0 Å². The minimum Gasteiger partial charge on any atom is -0.462 e. The van der Waals surface area contributed by atoms with Gasteiger partial charge in [-0.2, -0.15) is 0 Å². The molecular weight excluding hydrogens is 1370 g/mol. The summed E-state index contributed by atoms with van der Waals surface area (Å²) in [4.78, 5) is 73.3. The lowest BCUT2D eigenvalue weighted by molar-refractivity contribution is -0.161. The molecule has 0 aromatic carbocycles. The Bertz CT molecular complexity index is 2030. The second-order valence-corrected chi connectivity index (χ2v) is 35.0. The van der Waals surface area contributed by atoms with E-state index in [2.05, 4.69) is 48.5 Å². The van der Waals surface area contributed by atoms with E-state index >= 15 is 0 Å². The van der Waals surface area contributed by atoms with Crippen molar-refractivity contribution in [3.05, 3.63) is 0 Å². The summed E-state index contributed by atoms with van der Waals surface area (Å²) >= 11 is 0. The van der Waals surface area contributed by atoms with Crippen molar-refractivity contribution in [3.63, 3.8) is 0 Å². The smallest absolute Gasteiger partial charge is 0.462 e. The quantitative estimate of drug-likeness (QED) is 0.0222. The monoisotopic (exact) mass is 1540 g/mol. The molecular formula is C86H168O17P2. The molecule has 0 fully saturated rings. The minimum absolute atomic E-state index is 0.108. The predicted octanol–water partition coefficient (Wildman–Crippen LogP) is 26.1. The number of unbranched alkanes of at least 4 members (excludes halogenated alkanes) is 51. The van der Waals surface area contributed by atoms with Crippen LogP contribution < -0.4 is 0 Å². The fraction of sp³-hybridized carbons (Fsp3) is 0.953. The Balaban J connectivity index is 5.26. The van der Waals surface area contributed by atoms with E-state index in [4.69, 9.17) is 37.0 Å². The SMILES string of the molecule is CCCCCCCCCCCCCCC(=O)OC[C@H](COP(=O)(O)OC[C@H](O)COP(=O)(O)OC[C@@H](COC(=O)CCCCCCCCCCCCCCCCC(C)CC)OC(=O)CCCCCCCCCCCCCCCCCCC(C)C)OC(=O)CCCCCCCCCCCCCCCC(C)C. The summed E-state index contributed by atoms with van der Waals surface area (Å²) in [5.74, 6) is 0.344.